The zero-order valence-electron chi connectivity index (χ0n) is 17.0. The highest BCUT2D eigenvalue weighted by molar-refractivity contribution is 5.78. The summed E-state index contributed by atoms with van der Waals surface area (Å²) in [5, 5.41) is 2.99. The van der Waals surface area contributed by atoms with Crippen molar-refractivity contribution in [2.24, 2.45) is 0 Å². The summed E-state index contributed by atoms with van der Waals surface area (Å²) in [6.45, 7) is 8.24. The summed E-state index contributed by atoms with van der Waals surface area (Å²) in [6.07, 6.45) is -0.153. The van der Waals surface area contributed by atoms with Crippen molar-refractivity contribution in [1.82, 2.24) is 15.1 Å². The van der Waals surface area contributed by atoms with E-state index in [1.165, 1.54) is 11.1 Å². The summed E-state index contributed by atoms with van der Waals surface area (Å²) >= 11 is 0. The first kappa shape index (κ1) is 19.7. The Bertz CT molecular complexity index is 834. The van der Waals surface area contributed by atoms with Gasteiger partial charge in [0.05, 0.1) is 13.1 Å². The summed E-state index contributed by atoms with van der Waals surface area (Å²) in [5.74, 6) is 1.54. The summed E-state index contributed by atoms with van der Waals surface area (Å²) in [4.78, 5) is 17.0. The third-order valence-electron chi connectivity index (χ3n) is 5.42. The fraction of sp³-hybridized carbons (Fsp3) is 0.435. The van der Waals surface area contributed by atoms with Crippen LogP contribution in [0, 0.1) is 6.92 Å². The molecule has 1 atom stereocenters. The van der Waals surface area contributed by atoms with Gasteiger partial charge in [-0.2, -0.15) is 0 Å². The molecule has 6 nitrogen and oxygen atoms in total. The monoisotopic (exact) mass is 395 g/mol. The van der Waals surface area contributed by atoms with E-state index < -0.39 is 0 Å². The number of para-hydroxylation sites is 2. The topological polar surface area (TPSA) is 54.0 Å². The maximum atomic E-state index is 12.3. The van der Waals surface area contributed by atoms with Gasteiger partial charge in [0.15, 0.2) is 11.5 Å². The average Bonchev–Trinajstić information content (AvgIpc) is 2.73. The lowest BCUT2D eigenvalue weighted by Gasteiger charge is -2.34. The summed E-state index contributed by atoms with van der Waals surface area (Å²) in [6, 6.07) is 16.3. The van der Waals surface area contributed by atoms with Gasteiger partial charge in [0.25, 0.3) is 0 Å². The molecule has 0 radical (unpaired) electrons. The Hall–Kier alpha value is -2.57. The predicted octanol–water partition coefficient (Wildman–Crippen LogP) is 2.07. The van der Waals surface area contributed by atoms with Gasteiger partial charge >= 0.3 is 0 Å². The fourth-order valence-corrected chi connectivity index (χ4v) is 3.82. The number of hydrogen-bond acceptors (Lipinski definition) is 5. The van der Waals surface area contributed by atoms with E-state index in [1.54, 1.807) is 0 Å². The van der Waals surface area contributed by atoms with Crippen LogP contribution in [-0.2, 0) is 11.3 Å². The van der Waals surface area contributed by atoms with Crippen molar-refractivity contribution in [3.63, 3.8) is 0 Å². The Morgan fingerprint density at radius 2 is 1.79 bits per heavy atom. The highest BCUT2D eigenvalue weighted by Crippen LogP contribution is 2.30. The lowest BCUT2D eigenvalue weighted by molar-refractivity contribution is -0.123. The van der Waals surface area contributed by atoms with E-state index in [4.69, 9.17) is 9.47 Å². The van der Waals surface area contributed by atoms with E-state index in [0.29, 0.717) is 19.7 Å². The molecule has 0 unspecified atom stereocenters. The second-order valence-electron chi connectivity index (χ2n) is 7.84. The van der Waals surface area contributed by atoms with Crippen LogP contribution in [-0.4, -0.2) is 67.7 Å². The molecule has 2 heterocycles. The number of nitrogens with zero attached hydrogens (tertiary/aromatic N) is 2. The first-order chi connectivity index (χ1) is 14.2. The van der Waals surface area contributed by atoms with E-state index in [1.807, 2.05) is 24.3 Å². The van der Waals surface area contributed by atoms with Crippen molar-refractivity contribution in [2.45, 2.75) is 19.6 Å². The molecule has 1 fully saturated rings. The first-order valence-corrected chi connectivity index (χ1v) is 10.3. The van der Waals surface area contributed by atoms with Gasteiger partial charge in [-0.15, -0.1) is 0 Å². The molecule has 29 heavy (non-hydrogen) atoms. The zero-order valence-corrected chi connectivity index (χ0v) is 17.0. The quantitative estimate of drug-likeness (QED) is 0.812. The van der Waals surface area contributed by atoms with Crippen molar-refractivity contribution in [1.29, 1.82) is 0 Å². The van der Waals surface area contributed by atoms with Crippen molar-refractivity contribution < 1.29 is 14.3 Å². The number of piperazine rings is 1. The van der Waals surface area contributed by atoms with E-state index in [2.05, 4.69) is 46.3 Å². The number of hydrogen-bond donors (Lipinski definition) is 1. The van der Waals surface area contributed by atoms with E-state index in [0.717, 1.165) is 44.2 Å². The van der Waals surface area contributed by atoms with Crippen molar-refractivity contribution >= 4 is 5.91 Å². The largest absolute Gasteiger partial charge is 0.486 e. The van der Waals surface area contributed by atoms with Gasteiger partial charge in [0.2, 0.25) is 5.91 Å². The zero-order chi connectivity index (χ0) is 20.1. The second-order valence-corrected chi connectivity index (χ2v) is 7.84. The minimum Gasteiger partial charge on any atom is -0.486 e. The van der Waals surface area contributed by atoms with Gasteiger partial charge in [0, 0.05) is 32.7 Å². The molecule has 4 rings (SSSR count). The number of rotatable bonds is 6. The maximum Gasteiger partial charge on any atom is 0.234 e. The SMILES string of the molecule is Cc1cccc(CN2CCN(CC(=O)NC[C@H]3COc4ccccc4O3)CC2)c1. The van der Waals surface area contributed by atoms with Crippen LogP contribution in [0.4, 0.5) is 0 Å². The molecule has 0 aromatic heterocycles. The Morgan fingerprint density at radius 1 is 1.03 bits per heavy atom. The number of benzene rings is 2. The molecule has 0 spiro atoms. The number of carbonyl (C=O) groups is 1. The number of amides is 1. The van der Waals surface area contributed by atoms with Crippen molar-refractivity contribution in [3.05, 3.63) is 59.7 Å². The Kier molecular flexibility index (Phi) is 6.32. The molecule has 0 aliphatic carbocycles. The lowest BCUT2D eigenvalue weighted by atomic mass is 10.1. The van der Waals surface area contributed by atoms with Gasteiger partial charge < -0.3 is 14.8 Å². The average molecular weight is 396 g/mol. The number of carbonyl (C=O) groups excluding carboxylic acids is 1. The Morgan fingerprint density at radius 3 is 2.59 bits per heavy atom. The summed E-state index contributed by atoms with van der Waals surface area (Å²) in [7, 11) is 0. The molecule has 2 aromatic rings. The highest BCUT2D eigenvalue weighted by Gasteiger charge is 2.22. The molecule has 154 valence electrons. The first-order valence-electron chi connectivity index (χ1n) is 10.3. The normalized spacial score (nSPS) is 19.7. The van der Waals surface area contributed by atoms with Crippen molar-refractivity contribution in [3.8, 4) is 11.5 Å². The minimum atomic E-state index is -0.153. The third-order valence-corrected chi connectivity index (χ3v) is 5.42. The smallest absolute Gasteiger partial charge is 0.234 e. The maximum absolute atomic E-state index is 12.3. The summed E-state index contributed by atoms with van der Waals surface area (Å²) < 4.78 is 11.6. The van der Waals surface area contributed by atoms with Crippen LogP contribution >= 0.6 is 0 Å². The fourth-order valence-electron chi connectivity index (χ4n) is 3.82. The predicted molar refractivity (Wildman–Crippen MR) is 112 cm³/mol. The Labute approximate surface area is 172 Å². The number of nitrogens with one attached hydrogen (secondary N) is 1. The molecule has 1 N–H and O–H groups in total. The number of fused-ring (bicyclic) bond motifs is 1. The van der Waals surface area contributed by atoms with Crippen LogP contribution < -0.4 is 14.8 Å². The van der Waals surface area contributed by atoms with Gasteiger partial charge in [0.1, 0.15) is 12.7 Å². The highest BCUT2D eigenvalue weighted by atomic mass is 16.6. The van der Waals surface area contributed by atoms with Crippen LogP contribution in [0.15, 0.2) is 48.5 Å². The van der Waals surface area contributed by atoms with Gasteiger partial charge in [-0.05, 0) is 24.6 Å². The molecule has 1 saturated heterocycles. The van der Waals surface area contributed by atoms with Crippen LogP contribution in [0.1, 0.15) is 11.1 Å². The molecular weight excluding hydrogens is 366 g/mol. The van der Waals surface area contributed by atoms with Gasteiger partial charge in [-0.3, -0.25) is 14.6 Å². The lowest BCUT2D eigenvalue weighted by Crippen LogP contribution is -2.50. The Balaban J connectivity index is 1.16. The van der Waals surface area contributed by atoms with Crippen molar-refractivity contribution in [2.75, 3.05) is 45.9 Å². The van der Waals surface area contributed by atoms with Crippen LogP contribution in [0.25, 0.3) is 0 Å². The molecule has 2 aromatic carbocycles. The number of aryl methyl sites for hydroxylation is 1. The van der Waals surface area contributed by atoms with Gasteiger partial charge in [-0.1, -0.05) is 42.0 Å². The molecule has 6 heteroatoms. The molecule has 0 bridgehead atoms. The number of ether oxygens (including phenoxy) is 2. The second kappa shape index (κ2) is 9.29. The van der Waals surface area contributed by atoms with E-state index in [9.17, 15) is 4.79 Å². The van der Waals surface area contributed by atoms with Crippen LogP contribution in [0.2, 0.25) is 0 Å². The summed E-state index contributed by atoms with van der Waals surface area (Å²) in [5.41, 5.74) is 2.65. The van der Waals surface area contributed by atoms with E-state index in [-0.39, 0.29) is 12.0 Å². The van der Waals surface area contributed by atoms with Crippen LogP contribution in [0.5, 0.6) is 11.5 Å². The molecule has 2 aliphatic heterocycles. The minimum absolute atomic E-state index is 0.0413. The van der Waals surface area contributed by atoms with E-state index >= 15 is 0 Å². The van der Waals surface area contributed by atoms with Gasteiger partial charge in [-0.25, -0.2) is 0 Å². The molecule has 0 saturated carbocycles. The van der Waals surface area contributed by atoms with Crippen LogP contribution in [0.3, 0.4) is 0 Å². The molecule has 1 amide bonds. The third kappa shape index (κ3) is 5.49. The molecular formula is C23H29N3O3. The molecule has 2 aliphatic rings. The standard InChI is InChI=1S/C23H29N3O3/c1-18-5-4-6-19(13-18)15-25-9-11-26(12-10-25)16-23(27)24-14-20-17-28-21-7-2-3-8-22(21)29-20/h2-8,13,20H,9-12,14-17H2,1H3,(H,24,27)/t20-/m0/s1.